The van der Waals surface area contributed by atoms with Crippen LogP contribution in [0.15, 0.2) is 0 Å². The number of carbonyl (C=O) groups excluding carboxylic acids is 1. The molecule has 44 valence electrons. The molecule has 2 atom stereocenters. The van der Waals surface area contributed by atoms with Crippen molar-refractivity contribution in [1.82, 2.24) is 0 Å². The van der Waals surface area contributed by atoms with Crippen LogP contribution >= 0.6 is 11.8 Å². The minimum Gasteiger partial charge on any atom is -0.299 e. The standard InChI is InChI=1S/C6H8OS/c7-5-3-6-4(5)1-2-8-6/h4,6H,1-3H2/t4-,6+/m0/s1. The van der Waals surface area contributed by atoms with E-state index in [1.165, 1.54) is 5.75 Å². The fraction of sp³-hybridized carbons (Fsp3) is 0.833. The molecule has 8 heavy (non-hydrogen) atoms. The Morgan fingerprint density at radius 1 is 1.62 bits per heavy atom. The first-order chi connectivity index (χ1) is 3.88. The highest BCUT2D eigenvalue weighted by Crippen LogP contribution is 2.43. The van der Waals surface area contributed by atoms with Gasteiger partial charge in [0.2, 0.25) is 0 Å². The van der Waals surface area contributed by atoms with Gasteiger partial charge in [-0.15, -0.1) is 0 Å². The zero-order valence-corrected chi connectivity index (χ0v) is 5.41. The number of ketones is 1. The Kier molecular flexibility index (Phi) is 0.911. The molecular formula is C6H8OS. The van der Waals surface area contributed by atoms with Crippen molar-refractivity contribution in [2.45, 2.75) is 18.1 Å². The number of hydrogen-bond donors (Lipinski definition) is 0. The number of Topliss-reactive ketones (excluding diaryl/α,β-unsaturated/α-hetero) is 1. The summed E-state index contributed by atoms with van der Waals surface area (Å²) in [6, 6.07) is 0. The Morgan fingerprint density at radius 2 is 2.50 bits per heavy atom. The van der Waals surface area contributed by atoms with Gasteiger partial charge in [0.1, 0.15) is 5.78 Å². The van der Waals surface area contributed by atoms with E-state index >= 15 is 0 Å². The Bertz CT molecular complexity index is 132. The molecule has 0 amide bonds. The predicted octanol–water partition coefficient (Wildman–Crippen LogP) is 1.08. The zero-order valence-electron chi connectivity index (χ0n) is 4.59. The molecule has 0 spiro atoms. The van der Waals surface area contributed by atoms with Gasteiger partial charge < -0.3 is 0 Å². The summed E-state index contributed by atoms with van der Waals surface area (Å²) in [5.74, 6) is 2.22. The van der Waals surface area contributed by atoms with E-state index in [2.05, 4.69) is 0 Å². The normalized spacial score (nSPS) is 43.8. The fourth-order valence-electron chi connectivity index (χ4n) is 1.41. The molecule has 0 radical (unpaired) electrons. The van der Waals surface area contributed by atoms with Crippen LogP contribution in [-0.2, 0) is 4.79 Å². The molecule has 1 nitrogen and oxygen atoms in total. The highest BCUT2D eigenvalue weighted by Gasteiger charge is 2.43. The van der Waals surface area contributed by atoms with Gasteiger partial charge in [0.15, 0.2) is 0 Å². The van der Waals surface area contributed by atoms with Crippen molar-refractivity contribution < 1.29 is 4.79 Å². The van der Waals surface area contributed by atoms with Gasteiger partial charge >= 0.3 is 0 Å². The Labute approximate surface area is 52.8 Å². The number of thioether (sulfide) groups is 1. The van der Waals surface area contributed by atoms with Crippen molar-refractivity contribution in [1.29, 1.82) is 0 Å². The minimum atomic E-state index is 0.486. The van der Waals surface area contributed by atoms with Crippen LogP contribution in [0.5, 0.6) is 0 Å². The van der Waals surface area contributed by atoms with Crippen LogP contribution in [0.3, 0.4) is 0 Å². The Balaban J connectivity index is 2.11. The Hall–Kier alpha value is 0.0200. The maximum Gasteiger partial charge on any atom is 0.138 e. The van der Waals surface area contributed by atoms with E-state index in [4.69, 9.17) is 0 Å². The third-order valence-corrected chi connectivity index (χ3v) is 3.42. The molecule has 0 aromatic carbocycles. The van der Waals surface area contributed by atoms with Gasteiger partial charge in [-0.25, -0.2) is 0 Å². The minimum absolute atomic E-state index is 0.486. The average molecular weight is 128 g/mol. The van der Waals surface area contributed by atoms with Crippen molar-refractivity contribution in [3.05, 3.63) is 0 Å². The molecule has 0 N–H and O–H groups in total. The topological polar surface area (TPSA) is 17.1 Å². The summed E-state index contributed by atoms with van der Waals surface area (Å²) < 4.78 is 0. The number of hydrogen-bond acceptors (Lipinski definition) is 2. The fourth-order valence-corrected chi connectivity index (χ4v) is 2.90. The average Bonchev–Trinajstić information content (AvgIpc) is 2.09. The lowest BCUT2D eigenvalue weighted by atomic mass is 9.82. The molecule has 0 unspecified atom stereocenters. The van der Waals surface area contributed by atoms with E-state index in [0.29, 0.717) is 11.7 Å². The van der Waals surface area contributed by atoms with Gasteiger partial charge in [-0.05, 0) is 12.2 Å². The highest BCUT2D eigenvalue weighted by atomic mass is 32.2. The molecular weight excluding hydrogens is 120 g/mol. The molecule has 1 aliphatic heterocycles. The molecule has 1 heterocycles. The molecule has 1 saturated carbocycles. The molecule has 0 bridgehead atoms. The summed E-state index contributed by atoms with van der Waals surface area (Å²) in [6.45, 7) is 0. The van der Waals surface area contributed by atoms with E-state index < -0.39 is 0 Å². The molecule has 2 heteroatoms. The van der Waals surface area contributed by atoms with Gasteiger partial charge in [0, 0.05) is 17.6 Å². The molecule has 2 fully saturated rings. The summed E-state index contributed by atoms with van der Waals surface area (Å²) in [5, 5.41) is 0.738. The number of rotatable bonds is 0. The van der Waals surface area contributed by atoms with Crippen LogP contribution in [0.25, 0.3) is 0 Å². The number of fused-ring (bicyclic) bond motifs is 1. The molecule has 2 rings (SSSR count). The molecule has 0 aromatic heterocycles. The van der Waals surface area contributed by atoms with E-state index in [1.807, 2.05) is 11.8 Å². The summed E-state index contributed by atoms with van der Waals surface area (Å²) in [5.41, 5.74) is 0. The summed E-state index contributed by atoms with van der Waals surface area (Å²) >= 11 is 1.98. The van der Waals surface area contributed by atoms with Crippen molar-refractivity contribution in [3.8, 4) is 0 Å². The maximum absolute atomic E-state index is 10.7. The largest absolute Gasteiger partial charge is 0.299 e. The van der Waals surface area contributed by atoms with Crippen LogP contribution in [0.1, 0.15) is 12.8 Å². The summed E-state index contributed by atoms with van der Waals surface area (Å²) in [4.78, 5) is 10.7. The lowest BCUT2D eigenvalue weighted by Crippen LogP contribution is -2.35. The van der Waals surface area contributed by atoms with Crippen molar-refractivity contribution in [2.75, 3.05) is 5.75 Å². The van der Waals surface area contributed by atoms with Crippen LogP contribution < -0.4 is 0 Å². The summed E-state index contributed by atoms with van der Waals surface area (Å²) in [7, 11) is 0. The smallest absolute Gasteiger partial charge is 0.138 e. The van der Waals surface area contributed by atoms with Crippen LogP contribution in [-0.4, -0.2) is 16.8 Å². The molecule has 2 aliphatic rings. The van der Waals surface area contributed by atoms with E-state index in [0.717, 1.165) is 18.1 Å². The molecule has 0 aromatic rings. The molecule has 1 aliphatic carbocycles. The highest BCUT2D eigenvalue weighted by molar-refractivity contribution is 8.00. The van der Waals surface area contributed by atoms with Gasteiger partial charge in [-0.2, -0.15) is 11.8 Å². The lowest BCUT2D eigenvalue weighted by molar-refractivity contribution is -0.128. The SMILES string of the molecule is O=C1C[C@H]2SCC[C@@H]12. The first-order valence-electron chi connectivity index (χ1n) is 3.02. The first-order valence-corrected chi connectivity index (χ1v) is 4.07. The second kappa shape index (κ2) is 1.50. The van der Waals surface area contributed by atoms with Crippen LogP contribution in [0.4, 0.5) is 0 Å². The summed E-state index contributed by atoms with van der Waals surface area (Å²) in [6.07, 6.45) is 2.03. The Morgan fingerprint density at radius 3 is 3.00 bits per heavy atom. The van der Waals surface area contributed by atoms with Gasteiger partial charge in [-0.1, -0.05) is 0 Å². The van der Waals surface area contributed by atoms with Crippen LogP contribution in [0, 0.1) is 5.92 Å². The van der Waals surface area contributed by atoms with Gasteiger partial charge in [0.25, 0.3) is 0 Å². The zero-order chi connectivity index (χ0) is 5.56. The second-order valence-electron chi connectivity index (χ2n) is 2.47. The van der Waals surface area contributed by atoms with Gasteiger partial charge in [0.05, 0.1) is 0 Å². The van der Waals surface area contributed by atoms with Gasteiger partial charge in [-0.3, -0.25) is 4.79 Å². The monoisotopic (exact) mass is 128 g/mol. The third-order valence-electron chi connectivity index (χ3n) is 2.03. The van der Waals surface area contributed by atoms with Crippen molar-refractivity contribution in [3.63, 3.8) is 0 Å². The maximum atomic E-state index is 10.7. The van der Waals surface area contributed by atoms with Crippen molar-refractivity contribution in [2.24, 2.45) is 5.92 Å². The molecule has 1 saturated heterocycles. The van der Waals surface area contributed by atoms with E-state index in [1.54, 1.807) is 0 Å². The van der Waals surface area contributed by atoms with Crippen molar-refractivity contribution >= 4 is 17.5 Å². The quantitative estimate of drug-likeness (QED) is 0.485. The van der Waals surface area contributed by atoms with Crippen LogP contribution in [0.2, 0.25) is 0 Å². The van der Waals surface area contributed by atoms with E-state index in [9.17, 15) is 4.79 Å². The lowest BCUT2D eigenvalue weighted by Gasteiger charge is -2.26. The predicted molar refractivity (Wildman–Crippen MR) is 34.0 cm³/mol. The van der Waals surface area contributed by atoms with E-state index in [-0.39, 0.29) is 0 Å². The first kappa shape index (κ1) is 4.86. The third kappa shape index (κ3) is 0.467. The number of carbonyl (C=O) groups is 1. The second-order valence-corrected chi connectivity index (χ2v) is 3.82.